The molecule has 1 aliphatic heterocycles. The third-order valence-corrected chi connectivity index (χ3v) is 7.68. The lowest BCUT2D eigenvalue weighted by atomic mass is 9.76. The van der Waals surface area contributed by atoms with Gasteiger partial charge in [-0.3, -0.25) is 9.59 Å². The number of hydrogen-bond donors (Lipinski definition) is 1. The highest BCUT2D eigenvalue weighted by Crippen LogP contribution is 2.41. The molecule has 1 aromatic heterocycles. The van der Waals surface area contributed by atoms with Crippen LogP contribution in [-0.2, 0) is 19.1 Å². The van der Waals surface area contributed by atoms with Crippen molar-refractivity contribution in [2.45, 2.75) is 45.1 Å². The number of hydrogen-bond acceptors (Lipinski definition) is 7. The van der Waals surface area contributed by atoms with Crippen molar-refractivity contribution in [1.82, 2.24) is 4.90 Å². The van der Waals surface area contributed by atoms with Crippen molar-refractivity contribution < 1.29 is 23.9 Å². The van der Waals surface area contributed by atoms with E-state index < -0.39 is 5.97 Å². The summed E-state index contributed by atoms with van der Waals surface area (Å²) >= 11 is 3.61. The Morgan fingerprint density at radius 3 is 2.60 bits per heavy atom. The Balaban J connectivity index is 1.96. The summed E-state index contributed by atoms with van der Waals surface area (Å²) in [7, 11) is 1.38. The molecule has 0 spiro atoms. The summed E-state index contributed by atoms with van der Waals surface area (Å²) in [5, 5.41) is 0. The molecule has 7 nitrogen and oxygen atoms in total. The standard InChI is InChI=1S/C21H27IN2O5S/c1-12(25)29-11-19(26)24-8-7-15(13-3-5-14(23)6-4-13)17(10-24)16-9-18(22)30-20(16)21(27)28-2/h9,13-14H,3-8,10-11,23H2,1-2H3. The molecule has 164 valence electrons. The molecule has 1 aliphatic carbocycles. The Morgan fingerprint density at radius 1 is 1.27 bits per heavy atom. The molecule has 0 aromatic carbocycles. The van der Waals surface area contributed by atoms with Gasteiger partial charge in [0.05, 0.1) is 9.99 Å². The SMILES string of the molecule is COC(=O)c1sc(I)cc1C1=C(C2CCC(N)CC2)CCN(C(=O)COC(C)=O)C1. The largest absolute Gasteiger partial charge is 0.465 e. The Bertz CT molecular complexity index is 858. The van der Waals surface area contributed by atoms with Crippen LogP contribution in [0.2, 0.25) is 0 Å². The highest BCUT2D eigenvalue weighted by atomic mass is 127. The molecule has 1 aromatic rings. The first-order chi connectivity index (χ1) is 14.3. The van der Waals surface area contributed by atoms with E-state index in [2.05, 4.69) is 22.6 Å². The number of methoxy groups -OCH3 is 1. The molecule has 2 aliphatic rings. The van der Waals surface area contributed by atoms with E-state index >= 15 is 0 Å². The third kappa shape index (κ3) is 5.42. The van der Waals surface area contributed by atoms with Crippen molar-refractivity contribution in [2.75, 3.05) is 26.8 Å². The predicted octanol–water partition coefficient (Wildman–Crippen LogP) is 3.21. The van der Waals surface area contributed by atoms with Crippen molar-refractivity contribution in [3.63, 3.8) is 0 Å². The highest BCUT2D eigenvalue weighted by molar-refractivity contribution is 14.1. The van der Waals surface area contributed by atoms with Gasteiger partial charge in [0.25, 0.3) is 5.91 Å². The van der Waals surface area contributed by atoms with Crippen molar-refractivity contribution in [3.05, 3.63) is 25.0 Å². The summed E-state index contributed by atoms with van der Waals surface area (Å²) < 4.78 is 10.9. The summed E-state index contributed by atoms with van der Waals surface area (Å²) in [5.41, 5.74) is 9.30. The molecule has 3 rings (SSSR count). The number of carbonyl (C=O) groups excluding carboxylic acids is 3. The molecule has 2 N–H and O–H groups in total. The fourth-order valence-corrected chi connectivity index (χ4v) is 6.05. The zero-order valence-corrected chi connectivity index (χ0v) is 20.2. The number of nitrogens with zero attached hydrogens (tertiary/aromatic N) is 1. The summed E-state index contributed by atoms with van der Waals surface area (Å²) in [6, 6.07) is 2.25. The normalized spacial score (nSPS) is 22.1. The number of ether oxygens (including phenoxy) is 2. The van der Waals surface area contributed by atoms with Gasteiger partial charge < -0.3 is 20.1 Å². The maximum Gasteiger partial charge on any atom is 0.348 e. The molecule has 0 radical (unpaired) electrons. The van der Waals surface area contributed by atoms with Crippen LogP contribution >= 0.6 is 33.9 Å². The van der Waals surface area contributed by atoms with Crippen molar-refractivity contribution in [1.29, 1.82) is 0 Å². The summed E-state index contributed by atoms with van der Waals surface area (Å²) in [6.45, 7) is 2.00. The van der Waals surface area contributed by atoms with Crippen LogP contribution in [0.25, 0.3) is 5.57 Å². The second kappa shape index (κ2) is 10.2. The number of thiophene rings is 1. The molecule has 0 unspecified atom stereocenters. The number of esters is 2. The first kappa shape index (κ1) is 23.2. The minimum Gasteiger partial charge on any atom is -0.465 e. The van der Waals surface area contributed by atoms with E-state index in [-0.39, 0.29) is 24.5 Å². The van der Waals surface area contributed by atoms with Gasteiger partial charge in [-0.2, -0.15) is 0 Å². The third-order valence-electron chi connectivity index (χ3n) is 5.80. The molecule has 0 bridgehead atoms. The maximum absolute atomic E-state index is 12.6. The zero-order valence-electron chi connectivity index (χ0n) is 17.2. The van der Waals surface area contributed by atoms with E-state index in [4.69, 9.17) is 15.2 Å². The van der Waals surface area contributed by atoms with Crippen LogP contribution in [0.1, 0.15) is 54.3 Å². The van der Waals surface area contributed by atoms with Crippen LogP contribution in [0.4, 0.5) is 0 Å². The number of nitrogens with two attached hydrogens (primary N) is 1. The molecule has 1 saturated carbocycles. The molecular formula is C21H27IN2O5S. The lowest BCUT2D eigenvalue weighted by molar-refractivity contribution is -0.150. The van der Waals surface area contributed by atoms with E-state index in [9.17, 15) is 14.4 Å². The Hall–Kier alpha value is -1.46. The van der Waals surface area contributed by atoms with Crippen molar-refractivity contribution >= 4 is 57.3 Å². The van der Waals surface area contributed by atoms with Crippen molar-refractivity contribution in [3.8, 4) is 0 Å². The van der Waals surface area contributed by atoms with Gasteiger partial charge in [0, 0.05) is 31.6 Å². The first-order valence-corrected chi connectivity index (χ1v) is 12.0. The minimum atomic E-state index is -0.476. The van der Waals surface area contributed by atoms with Gasteiger partial charge in [-0.1, -0.05) is 5.57 Å². The Morgan fingerprint density at radius 2 is 1.97 bits per heavy atom. The number of amides is 1. The molecule has 9 heteroatoms. The quantitative estimate of drug-likeness (QED) is 0.450. The monoisotopic (exact) mass is 546 g/mol. The fourth-order valence-electron chi connectivity index (χ4n) is 4.25. The molecule has 0 atom stereocenters. The maximum atomic E-state index is 12.6. The average Bonchev–Trinajstić information content (AvgIpc) is 3.13. The lowest BCUT2D eigenvalue weighted by Crippen LogP contribution is -2.40. The Kier molecular flexibility index (Phi) is 7.92. The van der Waals surface area contributed by atoms with Gasteiger partial charge in [0.15, 0.2) is 6.61 Å². The van der Waals surface area contributed by atoms with Gasteiger partial charge in [0.2, 0.25) is 0 Å². The van der Waals surface area contributed by atoms with Gasteiger partial charge in [0.1, 0.15) is 4.88 Å². The van der Waals surface area contributed by atoms with E-state index in [1.54, 1.807) is 4.90 Å². The summed E-state index contributed by atoms with van der Waals surface area (Å²) in [5.74, 6) is -0.653. The molecule has 2 heterocycles. The van der Waals surface area contributed by atoms with Crippen LogP contribution in [-0.4, -0.2) is 55.6 Å². The van der Waals surface area contributed by atoms with E-state index in [1.165, 1.54) is 30.9 Å². The Labute approximate surface area is 194 Å². The van der Waals surface area contributed by atoms with Gasteiger partial charge in [-0.15, -0.1) is 11.3 Å². The van der Waals surface area contributed by atoms with Crippen LogP contribution in [0.5, 0.6) is 0 Å². The van der Waals surface area contributed by atoms with Gasteiger partial charge >= 0.3 is 11.9 Å². The highest BCUT2D eigenvalue weighted by Gasteiger charge is 2.32. The van der Waals surface area contributed by atoms with Crippen LogP contribution in [0, 0.1) is 8.80 Å². The van der Waals surface area contributed by atoms with Crippen LogP contribution in [0.15, 0.2) is 11.6 Å². The topological polar surface area (TPSA) is 98.9 Å². The summed E-state index contributed by atoms with van der Waals surface area (Å²) in [4.78, 5) is 38.4. The number of halogens is 1. The minimum absolute atomic E-state index is 0.225. The van der Waals surface area contributed by atoms with E-state index in [0.717, 1.165) is 46.1 Å². The number of rotatable bonds is 5. The van der Waals surface area contributed by atoms with E-state index in [1.807, 2.05) is 6.07 Å². The summed E-state index contributed by atoms with van der Waals surface area (Å²) in [6.07, 6.45) is 4.77. The van der Waals surface area contributed by atoms with Crippen LogP contribution < -0.4 is 5.73 Å². The van der Waals surface area contributed by atoms with Crippen molar-refractivity contribution in [2.24, 2.45) is 11.7 Å². The average molecular weight is 546 g/mol. The first-order valence-electron chi connectivity index (χ1n) is 10.1. The molecule has 30 heavy (non-hydrogen) atoms. The molecular weight excluding hydrogens is 519 g/mol. The number of carbonyl (C=O) groups is 3. The molecule has 1 amide bonds. The van der Waals surface area contributed by atoms with Gasteiger partial charge in [-0.25, -0.2) is 4.79 Å². The molecule has 0 saturated heterocycles. The second-order valence-corrected chi connectivity index (χ2v) is 10.7. The van der Waals surface area contributed by atoms with Gasteiger partial charge in [-0.05, 0) is 72.3 Å². The molecule has 1 fully saturated rings. The smallest absolute Gasteiger partial charge is 0.348 e. The second-order valence-electron chi connectivity index (χ2n) is 7.75. The zero-order chi connectivity index (χ0) is 21.8. The van der Waals surface area contributed by atoms with E-state index in [0.29, 0.717) is 23.9 Å². The predicted molar refractivity (Wildman–Crippen MR) is 123 cm³/mol. The van der Waals surface area contributed by atoms with Crippen LogP contribution in [0.3, 0.4) is 0 Å². The lowest BCUT2D eigenvalue weighted by Gasteiger charge is -2.36. The fraction of sp³-hybridized carbons (Fsp3) is 0.571.